The maximum atomic E-state index is 11.7. The van der Waals surface area contributed by atoms with Crippen LogP contribution in [0.1, 0.15) is 13.8 Å². The Kier molecular flexibility index (Phi) is 5.65. The number of likely N-dealkylation sites (N-methyl/N-ethyl adjacent to an activating group) is 1. The van der Waals surface area contributed by atoms with E-state index >= 15 is 0 Å². The minimum atomic E-state index is -0.146. The molecular formula is C14H23N3O. The van der Waals surface area contributed by atoms with Gasteiger partial charge in [-0.05, 0) is 19.1 Å². The number of nitrogens with zero attached hydrogens (tertiary/aromatic N) is 1. The van der Waals surface area contributed by atoms with E-state index in [0.717, 1.165) is 12.2 Å². The number of rotatable bonds is 6. The highest BCUT2D eigenvalue weighted by atomic mass is 16.1. The van der Waals surface area contributed by atoms with E-state index in [9.17, 15) is 4.79 Å². The Labute approximate surface area is 109 Å². The summed E-state index contributed by atoms with van der Waals surface area (Å²) in [5, 5.41) is 2.90. The van der Waals surface area contributed by atoms with Gasteiger partial charge in [-0.3, -0.25) is 4.79 Å². The molecule has 1 rings (SSSR count). The van der Waals surface area contributed by atoms with Crippen LogP contribution in [0, 0.1) is 5.92 Å². The van der Waals surface area contributed by atoms with Crippen LogP contribution in [0.25, 0.3) is 0 Å². The zero-order chi connectivity index (χ0) is 13.5. The van der Waals surface area contributed by atoms with Crippen molar-refractivity contribution in [1.82, 2.24) is 5.32 Å². The number of anilines is 1. The molecule has 100 valence electrons. The second-order valence-electron chi connectivity index (χ2n) is 4.70. The van der Waals surface area contributed by atoms with Crippen LogP contribution in [0.3, 0.4) is 0 Å². The summed E-state index contributed by atoms with van der Waals surface area (Å²) < 4.78 is 0. The number of amides is 1. The summed E-state index contributed by atoms with van der Waals surface area (Å²) >= 11 is 0. The molecule has 18 heavy (non-hydrogen) atoms. The monoisotopic (exact) mass is 249 g/mol. The van der Waals surface area contributed by atoms with E-state index in [1.807, 2.05) is 51.2 Å². The molecule has 0 saturated heterocycles. The number of nitrogens with two attached hydrogens (primary N) is 1. The van der Waals surface area contributed by atoms with Gasteiger partial charge in [0, 0.05) is 37.8 Å². The highest BCUT2D eigenvalue weighted by Gasteiger charge is 2.16. The third kappa shape index (κ3) is 4.37. The average Bonchev–Trinajstić information content (AvgIpc) is 2.38. The average molecular weight is 249 g/mol. The van der Waals surface area contributed by atoms with E-state index in [2.05, 4.69) is 10.2 Å². The number of hydrogen-bond donors (Lipinski definition) is 2. The first-order chi connectivity index (χ1) is 8.52. The highest BCUT2D eigenvalue weighted by Crippen LogP contribution is 2.09. The molecule has 4 heteroatoms. The molecule has 2 unspecified atom stereocenters. The van der Waals surface area contributed by atoms with Crippen molar-refractivity contribution in [3.63, 3.8) is 0 Å². The lowest BCUT2D eigenvalue weighted by Gasteiger charge is -2.21. The van der Waals surface area contributed by atoms with Crippen molar-refractivity contribution in [3.8, 4) is 0 Å². The van der Waals surface area contributed by atoms with E-state index in [1.54, 1.807) is 0 Å². The second-order valence-corrected chi connectivity index (χ2v) is 4.70. The summed E-state index contributed by atoms with van der Waals surface area (Å²) in [6.45, 7) is 5.10. The highest BCUT2D eigenvalue weighted by molar-refractivity contribution is 5.78. The van der Waals surface area contributed by atoms with Crippen LogP contribution in [0.5, 0.6) is 0 Å². The number of carbonyl (C=O) groups is 1. The normalized spacial score (nSPS) is 13.8. The Hall–Kier alpha value is -1.55. The standard InChI is InChI=1S/C14H23N3O/c1-11(12(2)15)14(18)16-9-10-17(3)13-7-5-4-6-8-13/h4-8,11-12H,9-10,15H2,1-3H3,(H,16,18). The number of para-hydroxylation sites is 1. The van der Waals surface area contributed by atoms with E-state index in [-0.39, 0.29) is 17.9 Å². The van der Waals surface area contributed by atoms with Gasteiger partial charge in [0.1, 0.15) is 0 Å². The van der Waals surface area contributed by atoms with E-state index in [1.165, 1.54) is 0 Å². The molecule has 0 aliphatic rings. The minimum Gasteiger partial charge on any atom is -0.373 e. The zero-order valence-electron chi connectivity index (χ0n) is 11.4. The minimum absolute atomic E-state index is 0.0199. The lowest BCUT2D eigenvalue weighted by molar-refractivity contribution is -0.124. The predicted molar refractivity (Wildman–Crippen MR) is 75.5 cm³/mol. The van der Waals surface area contributed by atoms with Gasteiger partial charge in [-0.25, -0.2) is 0 Å². The smallest absolute Gasteiger partial charge is 0.224 e. The van der Waals surface area contributed by atoms with Crippen molar-refractivity contribution in [2.75, 3.05) is 25.0 Å². The van der Waals surface area contributed by atoms with Gasteiger partial charge in [0.05, 0.1) is 0 Å². The van der Waals surface area contributed by atoms with Gasteiger partial charge in [0.15, 0.2) is 0 Å². The fourth-order valence-electron chi connectivity index (χ4n) is 1.56. The van der Waals surface area contributed by atoms with Crippen molar-refractivity contribution >= 4 is 11.6 Å². The van der Waals surface area contributed by atoms with Crippen molar-refractivity contribution in [3.05, 3.63) is 30.3 Å². The number of hydrogen-bond acceptors (Lipinski definition) is 3. The molecule has 0 saturated carbocycles. The number of carbonyl (C=O) groups excluding carboxylic acids is 1. The molecule has 1 amide bonds. The molecule has 0 aliphatic heterocycles. The van der Waals surface area contributed by atoms with E-state index < -0.39 is 0 Å². The summed E-state index contributed by atoms with van der Waals surface area (Å²) in [4.78, 5) is 13.8. The summed E-state index contributed by atoms with van der Waals surface area (Å²) in [6, 6.07) is 9.98. The maximum absolute atomic E-state index is 11.7. The van der Waals surface area contributed by atoms with Crippen LogP contribution in [0.4, 0.5) is 5.69 Å². The molecule has 0 aromatic heterocycles. The molecule has 0 fully saturated rings. The lowest BCUT2D eigenvalue weighted by atomic mass is 10.0. The van der Waals surface area contributed by atoms with Gasteiger partial charge in [-0.2, -0.15) is 0 Å². The fraction of sp³-hybridized carbons (Fsp3) is 0.500. The largest absolute Gasteiger partial charge is 0.373 e. The molecule has 4 nitrogen and oxygen atoms in total. The molecule has 1 aromatic rings. The van der Waals surface area contributed by atoms with E-state index in [4.69, 9.17) is 5.73 Å². The first kappa shape index (κ1) is 14.5. The van der Waals surface area contributed by atoms with Gasteiger partial charge in [-0.15, -0.1) is 0 Å². The van der Waals surface area contributed by atoms with Gasteiger partial charge >= 0.3 is 0 Å². The fourth-order valence-corrected chi connectivity index (χ4v) is 1.56. The SMILES string of the molecule is CC(N)C(C)C(=O)NCCN(C)c1ccccc1. The van der Waals surface area contributed by atoms with Crippen LogP contribution < -0.4 is 16.0 Å². The van der Waals surface area contributed by atoms with Crippen LogP contribution in [0.2, 0.25) is 0 Å². The second kappa shape index (κ2) is 7.01. The van der Waals surface area contributed by atoms with Crippen LogP contribution >= 0.6 is 0 Å². The van der Waals surface area contributed by atoms with Crippen molar-refractivity contribution < 1.29 is 4.79 Å². The maximum Gasteiger partial charge on any atom is 0.224 e. The van der Waals surface area contributed by atoms with Crippen molar-refractivity contribution in [2.45, 2.75) is 19.9 Å². The molecule has 0 heterocycles. The molecule has 0 bridgehead atoms. The molecular weight excluding hydrogens is 226 g/mol. The van der Waals surface area contributed by atoms with Crippen LogP contribution in [-0.4, -0.2) is 32.1 Å². The molecule has 1 aromatic carbocycles. The Morgan fingerprint density at radius 1 is 1.33 bits per heavy atom. The Morgan fingerprint density at radius 2 is 1.94 bits per heavy atom. The molecule has 0 radical (unpaired) electrons. The van der Waals surface area contributed by atoms with Gasteiger partial charge < -0.3 is 16.0 Å². The molecule has 3 N–H and O–H groups in total. The van der Waals surface area contributed by atoms with Gasteiger partial charge in [0.25, 0.3) is 0 Å². The van der Waals surface area contributed by atoms with Crippen LogP contribution in [-0.2, 0) is 4.79 Å². The Morgan fingerprint density at radius 3 is 2.50 bits per heavy atom. The lowest BCUT2D eigenvalue weighted by Crippen LogP contribution is -2.41. The van der Waals surface area contributed by atoms with Gasteiger partial charge in [0.2, 0.25) is 5.91 Å². The summed E-state index contributed by atoms with van der Waals surface area (Å²) in [5.41, 5.74) is 6.83. The first-order valence-corrected chi connectivity index (χ1v) is 6.32. The Bertz CT molecular complexity index is 365. The summed E-state index contributed by atoms with van der Waals surface area (Å²) in [7, 11) is 2.01. The molecule has 0 aliphatic carbocycles. The summed E-state index contributed by atoms with van der Waals surface area (Å²) in [5.74, 6) is -0.126. The zero-order valence-corrected chi connectivity index (χ0v) is 11.4. The third-order valence-corrected chi connectivity index (χ3v) is 3.15. The third-order valence-electron chi connectivity index (χ3n) is 3.15. The quantitative estimate of drug-likeness (QED) is 0.797. The molecule has 0 spiro atoms. The Balaban J connectivity index is 2.32. The topological polar surface area (TPSA) is 58.4 Å². The van der Waals surface area contributed by atoms with E-state index in [0.29, 0.717) is 6.54 Å². The first-order valence-electron chi connectivity index (χ1n) is 6.32. The summed E-state index contributed by atoms with van der Waals surface area (Å²) in [6.07, 6.45) is 0. The molecule has 2 atom stereocenters. The van der Waals surface area contributed by atoms with Crippen molar-refractivity contribution in [2.24, 2.45) is 11.7 Å². The van der Waals surface area contributed by atoms with Crippen molar-refractivity contribution in [1.29, 1.82) is 0 Å². The number of nitrogens with one attached hydrogen (secondary N) is 1. The number of benzene rings is 1. The van der Waals surface area contributed by atoms with Gasteiger partial charge in [-0.1, -0.05) is 25.1 Å². The predicted octanol–water partition coefficient (Wildman–Crippen LogP) is 1.22. The van der Waals surface area contributed by atoms with Crippen LogP contribution in [0.15, 0.2) is 30.3 Å².